The van der Waals surface area contributed by atoms with E-state index in [9.17, 15) is 13.6 Å². The van der Waals surface area contributed by atoms with E-state index in [0.717, 1.165) is 12.1 Å². The molecule has 20 heavy (non-hydrogen) atoms. The molecule has 0 atom stereocenters. The molecule has 0 unspecified atom stereocenters. The van der Waals surface area contributed by atoms with Gasteiger partial charge < -0.3 is 10.6 Å². The number of rotatable bonds is 2. The van der Waals surface area contributed by atoms with Gasteiger partial charge in [-0.1, -0.05) is 23.7 Å². The number of anilines is 2. The molecule has 2 amide bonds. The van der Waals surface area contributed by atoms with Crippen molar-refractivity contribution in [3.63, 3.8) is 0 Å². The van der Waals surface area contributed by atoms with Crippen LogP contribution in [0.5, 0.6) is 0 Å². The molecule has 2 N–H and O–H groups in total. The quantitative estimate of drug-likeness (QED) is 0.724. The van der Waals surface area contributed by atoms with Gasteiger partial charge in [-0.25, -0.2) is 13.6 Å². The summed E-state index contributed by atoms with van der Waals surface area (Å²) in [4.78, 5) is 11.7. The van der Waals surface area contributed by atoms with Gasteiger partial charge in [0.15, 0.2) is 0 Å². The fourth-order valence-electron chi connectivity index (χ4n) is 1.46. The third kappa shape index (κ3) is 3.46. The average molecular weight is 362 g/mol. The zero-order valence-electron chi connectivity index (χ0n) is 9.88. The second-order valence-corrected chi connectivity index (χ2v) is 5.07. The Balaban J connectivity index is 2.13. The van der Waals surface area contributed by atoms with Crippen molar-refractivity contribution in [1.29, 1.82) is 0 Å². The highest BCUT2D eigenvalue weighted by molar-refractivity contribution is 9.10. The van der Waals surface area contributed by atoms with Crippen LogP contribution in [0.25, 0.3) is 0 Å². The first-order valence-electron chi connectivity index (χ1n) is 5.44. The predicted molar refractivity (Wildman–Crippen MR) is 78.2 cm³/mol. The molecule has 2 aromatic rings. The van der Waals surface area contributed by atoms with Crippen molar-refractivity contribution in [2.45, 2.75) is 0 Å². The highest BCUT2D eigenvalue weighted by Gasteiger charge is 2.12. The maximum atomic E-state index is 13.5. The van der Waals surface area contributed by atoms with Gasteiger partial charge in [0.25, 0.3) is 0 Å². The number of carbonyl (C=O) groups is 1. The SMILES string of the molecule is O=C(Nc1cc(F)c(Br)cc1F)Nc1ccccc1Cl. The monoisotopic (exact) mass is 360 g/mol. The molecule has 7 heteroatoms. The molecule has 0 aromatic heterocycles. The number of hydrogen-bond donors (Lipinski definition) is 2. The standard InChI is InChI=1S/C13H8BrClF2N2O/c14-7-5-10(17)12(6-9(7)16)19-13(20)18-11-4-2-1-3-8(11)15/h1-6H,(H2,18,19,20). The van der Waals surface area contributed by atoms with Crippen LogP contribution in [0.15, 0.2) is 40.9 Å². The molecule has 0 saturated heterocycles. The summed E-state index contributed by atoms with van der Waals surface area (Å²) in [5.74, 6) is -1.44. The summed E-state index contributed by atoms with van der Waals surface area (Å²) >= 11 is 8.71. The Bertz CT molecular complexity index is 667. The Morgan fingerprint density at radius 2 is 1.70 bits per heavy atom. The topological polar surface area (TPSA) is 41.1 Å². The van der Waals surface area contributed by atoms with Crippen LogP contribution >= 0.6 is 27.5 Å². The van der Waals surface area contributed by atoms with E-state index in [1.807, 2.05) is 0 Å². The van der Waals surface area contributed by atoms with E-state index >= 15 is 0 Å². The molecule has 0 aliphatic rings. The summed E-state index contributed by atoms with van der Waals surface area (Å²) in [7, 11) is 0. The predicted octanol–water partition coefficient (Wildman–Crippen LogP) is 5.02. The van der Waals surface area contributed by atoms with E-state index in [4.69, 9.17) is 11.6 Å². The second kappa shape index (κ2) is 6.19. The van der Waals surface area contributed by atoms with Crippen LogP contribution in [0.3, 0.4) is 0 Å². The van der Waals surface area contributed by atoms with Crippen LogP contribution in [0.4, 0.5) is 25.0 Å². The molecule has 0 aliphatic heterocycles. The third-order valence-electron chi connectivity index (χ3n) is 2.38. The molecule has 2 aromatic carbocycles. The number of para-hydroxylation sites is 1. The van der Waals surface area contributed by atoms with Gasteiger partial charge in [0.1, 0.15) is 11.6 Å². The Labute approximate surface area is 127 Å². The van der Waals surface area contributed by atoms with Crippen LogP contribution in [0.1, 0.15) is 0 Å². The average Bonchev–Trinajstić information content (AvgIpc) is 2.39. The minimum atomic E-state index is -0.757. The van der Waals surface area contributed by atoms with Crippen molar-refractivity contribution in [2.24, 2.45) is 0 Å². The van der Waals surface area contributed by atoms with Crippen molar-refractivity contribution in [3.8, 4) is 0 Å². The van der Waals surface area contributed by atoms with E-state index in [1.165, 1.54) is 0 Å². The highest BCUT2D eigenvalue weighted by Crippen LogP contribution is 2.24. The fraction of sp³-hybridized carbons (Fsp3) is 0. The summed E-state index contributed by atoms with van der Waals surface area (Å²) < 4.78 is 26.8. The zero-order chi connectivity index (χ0) is 14.7. The molecule has 0 aliphatic carbocycles. The maximum Gasteiger partial charge on any atom is 0.323 e. The lowest BCUT2D eigenvalue weighted by Crippen LogP contribution is -2.20. The van der Waals surface area contributed by atoms with Gasteiger partial charge in [0.05, 0.1) is 20.9 Å². The number of hydrogen-bond acceptors (Lipinski definition) is 1. The van der Waals surface area contributed by atoms with Crippen molar-refractivity contribution < 1.29 is 13.6 Å². The van der Waals surface area contributed by atoms with E-state index in [1.54, 1.807) is 24.3 Å². The molecule has 0 heterocycles. The number of urea groups is 1. The Kier molecular flexibility index (Phi) is 4.57. The molecule has 2 rings (SSSR count). The van der Waals surface area contributed by atoms with Gasteiger partial charge in [0, 0.05) is 6.07 Å². The molecule has 104 valence electrons. The molecule has 0 radical (unpaired) electrons. The first kappa shape index (κ1) is 14.7. The van der Waals surface area contributed by atoms with Gasteiger partial charge in [-0.15, -0.1) is 0 Å². The van der Waals surface area contributed by atoms with Crippen molar-refractivity contribution in [3.05, 3.63) is 57.5 Å². The van der Waals surface area contributed by atoms with E-state index in [2.05, 4.69) is 26.6 Å². The normalized spacial score (nSPS) is 10.2. The van der Waals surface area contributed by atoms with Gasteiger partial charge in [-0.3, -0.25) is 0 Å². The maximum absolute atomic E-state index is 13.5. The number of carbonyl (C=O) groups excluding carboxylic acids is 1. The highest BCUT2D eigenvalue weighted by atomic mass is 79.9. The van der Waals surface area contributed by atoms with E-state index in [0.29, 0.717) is 10.7 Å². The van der Waals surface area contributed by atoms with E-state index in [-0.39, 0.29) is 10.2 Å². The van der Waals surface area contributed by atoms with Crippen molar-refractivity contribution in [2.75, 3.05) is 10.6 Å². The summed E-state index contributed by atoms with van der Waals surface area (Å²) in [6.07, 6.45) is 0. The lowest BCUT2D eigenvalue weighted by molar-refractivity contribution is 0.262. The minimum absolute atomic E-state index is 0.0212. The van der Waals surface area contributed by atoms with Gasteiger partial charge >= 0.3 is 6.03 Å². The first-order chi connectivity index (χ1) is 9.47. The summed E-state index contributed by atoms with van der Waals surface area (Å²) in [5, 5.41) is 4.98. The molecule has 0 spiro atoms. The van der Waals surface area contributed by atoms with Crippen molar-refractivity contribution in [1.82, 2.24) is 0 Å². The summed E-state index contributed by atoms with van der Waals surface area (Å²) in [6.45, 7) is 0. The lowest BCUT2D eigenvalue weighted by atomic mass is 10.3. The van der Waals surface area contributed by atoms with Crippen LogP contribution in [-0.4, -0.2) is 6.03 Å². The molecular formula is C13H8BrClF2N2O. The molecule has 3 nitrogen and oxygen atoms in total. The van der Waals surface area contributed by atoms with Gasteiger partial charge in [0.2, 0.25) is 0 Å². The minimum Gasteiger partial charge on any atom is -0.306 e. The molecule has 0 fully saturated rings. The summed E-state index contributed by atoms with van der Waals surface area (Å²) in [5.41, 5.74) is 0.0971. The first-order valence-corrected chi connectivity index (χ1v) is 6.61. The third-order valence-corrected chi connectivity index (χ3v) is 3.32. The molecular weight excluding hydrogens is 354 g/mol. The molecule has 0 bridgehead atoms. The van der Waals surface area contributed by atoms with Crippen LogP contribution < -0.4 is 10.6 Å². The molecule has 0 saturated carbocycles. The number of amides is 2. The van der Waals surface area contributed by atoms with Crippen LogP contribution in [-0.2, 0) is 0 Å². The number of halogens is 4. The van der Waals surface area contributed by atoms with Gasteiger partial charge in [-0.05, 0) is 34.1 Å². The summed E-state index contributed by atoms with van der Waals surface area (Å²) in [6, 6.07) is 7.65. The van der Waals surface area contributed by atoms with Crippen LogP contribution in [0, 0.1) is 11.6 Å². The lowest BCUT2D eigenvalue weighted by Gasteiger charge is -2.10. The Morgan fingerprint density at radius 3 is 2.40 bits per heavy atom. The zero-order valence-corrected chi connectivity index (χ0v) is 12.2. The Hall–Kier alpha value is -1.66. The van der Waals surface area contributed by atoms with Crippen molar-refractivity contribution >= 4 is 44.9 Å². The Morgan fingerprint density at radius 1 is 1.05 bits per heavy atom. The number of benzene rings is 2. The largest absolute Gasteiger partial charge is 0.323 e. The van der Waals surface area contributed by atoms with Gasteiger partial charge in [-0.2, -0.15) is 0 Å². The smallest absolute Gasteiger partial charge is 0.306 e. The number of nitrogens with one attached hydrogen (secondary N) is 2. The van der Waals surface area contributed by atoms with Crippen LogP contribution in [0.2, 0.25) is 5.02 Å². The second-order valence-electron chi connectivity index (χ2n) is 3.81. The fourth-order valence-corrected chi connectivity index (χ4v) is 1.96. The van der Waals surface area contributed by atoms with E-state index < -0.39 is 17.7 Å².